The number of aliphatic hydroxyl groups is 1. The van der Waals surface area contributed by atoms with Crippen molar-refractivity contribution in [2.45, 2.75) is 18.7 Å². The molecule has 1 rings (SSSR count). The second-order valence-corrected chi connectivity index (χ2v) is 4.95. The average Bonchev–Trinajstić information content (AvgIpc) is 2.38. The van der Waals surface area contributed by atoms with Gasteiger partial charge in [-0.15, -0.1) is 0 Å². The van der Waals surface area contributed by atoms with Crippen LogP contribution in [-0.4, -0.2) is 36.5 Å². The van der Waals surface area contributed by atoms with Crippen LogP contribution in [0.15, 0.2) is 4.90 Å². The van der Waals surface area contributed by atoms with Crippen molar-refractivity contribution in [3.63, 3.8) is 0 Å². The minimum atomic E-state index is -3.56. The van der Waals surface area contributed by atoms with Gasteiger partial charge in [0, 0.05) is 13.6 Å². The maximum absolute atomic E-state index is 11.8. The lowest BCUT2D eigenvalue weighted by Crippen LogP contribution is -2.27. The minimum Gasteiger partial charge on any atom is -0.395 e. The molecule has 1 aromatic rings. The third-order valence-electron chi connectivity index (χ3n) is 2.12. The van der Waals surface area contributed by atoms with Crippen molar-refractivity contribution in [3.8, 4) is 0 Å². The third-order valence-corrected chi connectivity index (χ3v) is 3.83. The fourth-order valence-electron chi connectivity index (χ4n) is 1.40. The van der Waals surface area contributed by atoms with E-state index >= 15 is 0 Å². The summed E-state index contributed by atoms with van der Waals surface area (Å²) in [5.74, 6) is 0. The molecule has 0 spiro atoms. The standard InChI is InChI=1S/C8H15N3O3S/c1-6-8(7(2)11(3)10-6)15(13,14)9-4-5-12/h9,12H,4-5H2,1-3H3. The zero-order valence-electron chi connectivity index (χ0n) is 8.98. The second-order valence-electron chi connectivity index (χ2n) is 3.24. The molecule has 2 N–H and O–H groups in total. The molecule has 0 aliphatic carbocycles. The van der Waals surface area contributed by atoms with Crippen molar-refractivity contribution in [2.24, 2.45) is 7.05 Å². The first-order chi connectivity index (χ1) is 6.90. The van der Waals surface area contributed by atoms with Crippen LogP contribution in [-0.2, 0) is 17.1 Å². The Bertz CT molecular complexity index is 450. The topological polar surface area (TPSA) is 84.2 Å². The number of hydrogen-bond acceptors (Lipinski definition) is 4. The number of aromatic nitrogens is 2. The van der Waals surface area contributed by atoms with Crippen LogP contribution in [0, 0.1) is 13.8 Å². The summed E-state index contributed by atoms with van der Waals surface area (Å²) in [4.78, 5) is 0.193. The summed E-state index contributed by atoms with van der Waals surface area (Å²) >= 11 is 0. The van der Waals surface area contributed by atoms with Crippen LogP contribution >= 0.6 is 0 Å². The Labute approximate surface area is 89.0 Å². The lowest BCUT2D eigenvalue weighted by atomic mass is 10.4. The van der Waals surface area contributed by atoms with Crippen molar-refractivity contribution in [1.29, 1.82) is 0 Å². The van der Waals surface area contributed by atoms with Gasteiger partial charge in [-0.3, -0.25) is 4.68 Å². The Morgan fingerprint density at radius 2 is 2.07 bits per heavy atom. The van der Waals surface area contributed by atoms with E-state index in [4.69, 9.17) is 5.11 Å². The van der Waals surface area contributed by atoms with Crippen LogP contribution in [0.2, 0.25) is 0 Å². The van der Waals surface area contributed by atoms with Gasteiger partial charge in [-0.2, -0.15) is 5.10 Å². The van der Waals surface area contributed by atoms with Gasteiger partial charge in [0.05, 0.1) is 18.0 Å². The lowest BCUT2D eigenvalue weighted by molar-refractivity contribution is 0.301. The maximum Gasteiger partial charge on any atom is 0.244 e. The fraction of sp³-hybridized carbons (Fsp3) is 0.625. The summed E-state index contributed by atoms with van der Waals surface area (Å²) in [6.07, 6.45) is 0. The third kappa shape index (κ3) is 2.36. The summed E-state index contributed by atoms with van der Waals surface area (Å²) in [5.41, 5.74) is 1.04. The number of aliphatic hydroxyl groups excluding tert-OH is 1. The summed E-state index contributed by atoms with van der Waals surface area (Å²) in [7, 11) is -1.87. The van der Waals surface area contributed by atoms with Gasteiger partial charge in [0.25, 0.3) is 0 Å². The molecular weight excluding hydrogens is 218 g/mol. The normalized spacial score (nSPS) is 12.0. The first kappa shape index (κ1) is 12.2. The minimum absolute atomic E-state index is 0.0100. The number of nitrogens with zero attached hydrogens (tertiary/aromatic N) is 2. The number of hydrogen-bond donors (Lipinski definition) is 2. The van der Waals surface area contributed by atoms with Gasteiger partial charge in [-0.1, -0.05) is 0 Å². The maximum atomic E-state index is 11.8. The van der Waals surface area contributed by atoms with E-state index in [1.54, 1.807) is 20.9 Å². The van der Waals surface area contributed by atoms with Gasteiger partial charge in [0.15, 0.2) is 0 Å². The van der Waals surface area contributed by atoms with Crippen LogP contribution in [0.3, 0.4) is 0 Å². The first-order valence-electron chi connectivity index (χ1n) is 4.51. The molecule has 0 bridgehead atoms. The monoisotopic (exact) mass is 233 g/mol. The number of sulfonamides is 1. The highest BCUT2D eigenvalue weighted by molar-refractivity contribution is 7.89. The predicted octanol–water partition coefficient (Wildman–Crippen LogP) is -0.692. The van der Waals surface area contributed by atoms with E-state index in [1.165, 1.54) is 4.68 Å². The zero-order valence-corrected chi connectivity index (χ0v) is 9.80. The van der Waals surface area contributed by atoms with Crippen molar-refractivity contribution in [3.05, 3.63) is 11.4 Å². The predicted molar refractivity (Wildman–Crippen MR) is 55.0 cm³/mol. The van der Waals surface area contributed by atoms with E-state index in [-0.39, 0.29) is 18.0 Å². The molecule has 0 aliphatic heterocycles. The Morgan fingerprint density at radius 3 is 2.47 bits per heavy atom. The van der Waals surface area contributed by atoms with Gasteiger partial charge in [0.1, 0.15) is 4.90 Å². The molecular formula is C8H15N3O3S. The molecule has 7 heteroatoms. The Balaban J connectivity index is 3.15. The molecule has 0 aliphatic rings. The Hall–Kier alpha value is -0.920. The zero-order chi connectivity index (χ0) is 11.6. The SMILES string of the molecule is Cc1nn(C)c(C)c1S(=O)(=O)NCCO. The molecule has 0 saturated heterocycles. The number of rotatable bonds is 4. The van der Waals surface area contributed by atoms with E-state index in [1.807, 2.05) is 0 Å². The molecule has 0 unspecified atom stereocenters. The van der Waals surface area contributed by atoms with E-state index < -0.39 is 10.0 Å². The lowest BCUT2D eigenvalue weighted by Gasteiger charge is -2.05. The highest BCUT2D eigenvalue weighted by Gasteiger charge is 2.22. The molecule has 0 aromatic carbocycles. The smallest absolute Gasteiger partial charge is 0.244 e. The number of nitrogens with one attached hydrogen (secondary N) is 1. The molecule has 86 valence electrons. The molecule has 15 heavy (non-hydrogen) atoms. The molecule has 0 amide bonds. The quantitative estimate of drug-likeness (QED) is 0.721. The van der Waals surface area contributed by atoms with Crippen molar-refractivity contribution >= 4 is 10.0 Å². The van der Waals surface area contributed by atoms with Crippen molar-refractivity contribution in [2.75, 3.05) is 13.2 Å². The Kier molecular flexibility index (Phi) is 3.48. The van der Waals surface area contributed by atoms with Crippen LogP contribution in [0.5, 0.6) is 0 Å². The number of aryl methyl sites for hydroxylation is 2. The first-order valence-corrected chi connectivity index (χ1v) is 5.99. The van der Waals surface area contributed by atoms with Crippen LogP contribution in [0.1, 0.15) is 11.4 Å². The van der Waals surface area contributed by atoms with Gasteiger partial charge < -0.3 is 5.11 Å². The highest BCUT2D eigenvalue weighted by atomic mass is 32.2. The van der Waals surface area contributed by atoms with Crippen LogP contribution < -0.4 is 4.72 Å². The highest BCUT2D eigenvalue weighted by Crippen LogP contribution is 2.17. The molecule has 0 saturated carbocycles. The van der Waals surface area contributed by atoms with E-state index in [2.05, 4.69) is 9.82 Å². The average molecular weight is 233 g/mol. The molecule has 6 nitrogen and oxygen atoms in total. The van der Waals surface area contributed by atoms with Gasteiger partial charge in [0.2, 0.25) is 10.0 Å². The van der Waals surface area contributed by atoms with E-state index in [0.717, 1.165) is 0 Å². The summed E-state index contributed by atoms with van der Waals surface area (Å²) in [5, 5.41) is 12.6. The van der Waals surface area contributed by atoms with Crippen molar-refractivity contribution < 1.29 is 13.5 Å². The van der Waals surface area contributed by atoms with Crippen LogP contribution in [0.4, 0.5) is 0 Å². The molecule has 1 aromatic heterocycles. The van der Waals surface area contributed by atoms with Gasteiger partial charge in [-0.05, 0) is 13.8 Å². The molecule has 1 heterocycles. The molecule has 0 fully saturated rings. The van der Waals surface area contributed by atoms with Crippen LogP contribution in [0.25, 0.3) is 0 Å². The molecule has 0 atom stereocenters. The molecule has 0 radical (unpaired) electrons. The van der Waals surface area contributed by atoms with E-state index in [0.29, 0.717) is 11.4 Å². The summed E-state index contributed by atoms with van der Waals surface area (Å²) < 4.78 is 27.3. The van der Waals surface area contributed by atoms with Crippen molar-refractivity contribution in [1.82, 2.24) is 14.5 Å². The summed E-state index contributed by atoms with van der Waals surface area (Å²) in [6, 6.07) is 0. The Morgan fingerprint density at radius 1 is 1.47 bits per heavy atom. The second kappa shape index (κ2) is 4.30. The van der Waals surface area contributed by atoms with Gasteiger partial charge >= 0.3 is 0 Å². The fourth-order valence-corrected chi connectivity index (χ4v) is 2.85. The summed E-state index contributed by atoms with van der Waals surface area (Å²) in [6.45, 7) is 3.11. The van der Waals surface area contributed by atoms with Gasteiger partial charge in [-0.25, -0.2) is 13.1 Å². The van der Waals surface area contributed by atoms with E-state index in [9.17, 15) is 8.42 Å². The largest absolute Gasteiger partial charge is 0.395 e.